The van der Waals surface area contributed by atoms with Gasteiger partial charge >= 0.3 is 0 Å². The molecule has 7 heteroatoms. The quantitative estimate of drug-likeness (QED) is 0.584. The zero-order valence-electron chi connectivity index (χ0n) is 12.3. The minimum Gasteiger partial charge on any atom is -0.483 e. The lowest BCUT2D eigenvalue weighted by atomic mass is 10.3. The molecule has 120 valence electrons. The number of nitrogens with zero attached hydrogens (tertiary/aromatic N) is 1. The molecule has 0 aliphatic carbocycles. The Bertz CT molecular complexity index is 727. The third-order valence-electron chi connectivity index (χ3n) is 2.64. The third-order valence-corrected chi connectivity index (χ3v) is 3.50. The number of hydrogen-bond acceptors (Lipinski definition) is 4. The van der Waals surface area contributed by atoms with Gasteiger partial charge in [0.05, 0.1) is 16.4 Å². The molecule has 0 aliphatic heterocycles. The van der Waals surface area contributed by atoms with Crippen molar-refractivity contribution in [2.75, 3.05) is 6.61 Å². The molecule has 1 amide bonds. The van der Waals surface area contributed by atoms with E-state index in [4.69, 9.17) is 20.8 Å². The maximum absolute atomic E-state index is 11.7. The Hall–Kier alpha value is -2.05. The van der Waals surface area contributed by atoms with Crippen molar-refractivity contribution < 1.29 is 13.9 Å². The first-order chi connectivity index (χ1) is 11.0. The molecule has 1 aromatic carbocycles. The summed E-state index contributed by atoms with van der Waals surface area (Å²) in [5.74, 6) is 0.877. The van der Waals surface area contributed by atoms with Crippen LogP contribution in [0.2, 0.25) is 5.02 Å². The number of nitrogens with one attached hydrogen (secondary N) is 1. The van der Waals surface area contributed by atoms with Crippen molar-refractivity contribution in [1.82, 2.24) is 5.43 Å². The van der Waals surface area contributed by atoms with Crippen molar-refractivity contribution in [1.29, 1.82) is 0 Å². The molecule has 0 radical (unpaired) electrons. The molecule has 0 spiro atoms. The van der Waals surface area contributed by atoms with E-state index >= 15 is 0 Å². The summed E-state index contributed by atoms with van der Waals surface area (Å²) in [4.78, 5) is 11.7. The fraction of sp³-hybridized carbons (Fsp3) is 0.125. The fourth-order valence-corrected chi connectivity index (χ4v) is 2.34. The lowest BCUT2D eigenvalue weighted by Crippen LogP contribution is -2.25. The summed E-state index contributed by atoms with van der Waals surface area (Å²) in [6.07, 6.45) is 5.07. The van der Waals surface area contributed by atoms with E-state index < -0.39 is 0 Å². The van der Waals surface area contributed by atoms with Crippen LogP contribution in [0.4, 0.5) is 0 Å². The summed E-state index contributed by atoms with van der Waals surface area (Å²) in [7, 11) is 0. The summed E-state index contributed by atoms with van der Waals surface area (Å²) < 4.78 is 11.2. The minimum atomic E-state index is -0.363. The third kappa shape index (κ3) is 5.92. The lowest BCUT2D eigenvalue weighted by molar-refractivity contribution is -0.123. The Morgan fingerprint density at radius 1 is 1.48 bits per heavy atom. The second-order valence-corrected chi connectivity index (χ2v) is 5.79. The minimum absolute atomic E-state index is 0.154. The number of hydrazone groups is 1. The fourth-order valence-electron chi connectivity index (χ4n) is 1.54. The molecule has 0 atom stereocenters. The van der Waals surface area contributed by atoms with Crippen LogP contribution < -0.4 is 10.2 Å². The van der Waals surface area contributed by atoms with Gasteiger partial charge in [0.2, 0.25) is 0 Å². The van der Waals surface area contributed by atoms with Gasteiger partial charge in [0.25, 0.3) is 5.91 Å². The predicted molar refractivity (Wildman–Crippen MR) is 93.6 cm³/mol. The molecule has 0 bridgehead atoms. The van der Waals surface area contributed by atoms with E-state index in [0.717, 1.165) is 0 Å². The molecular formula is C16H14BrClN2O3. The highest BCUT2D eigenvalue weighted by Crippen LogP contribution is 2.27. The Morgan fingerprint density at radius 3 is 3.00 bits per heavy atom. The van der Waals surface area contributed by atoms with Gasteiger partial charge in [-0.05, 0) is 65.3 Å². The van der Waals surface area contributed by atoms with Gasteiger partial charge in [0, 0.05) is 5.02 Å². The number of amides is 1. The van der Waals surface area contributed by atoms with Gasteiger partial charge in [0.15, 0.2) is 6.61 Å². The summed E-state index contributed by atoms with van der Waals surface area (Å²) in [6, 6.07) is 8.67. The average Bonchev–Trinajstić information content (AvgIpc) is 3.03. The van der Waals surface area contributed by atoms with E-state index in [2.05, 4.69) is 26.5 Å². The number of ether oxygens (including phenoxy) is 1. The molecule has 1 N–H and O–H groups in total. The molecule has 23 heavy (non-hydrogen) atoms. The van der Waals surface area contributed by atoms with Crippen LogP contribution in [-0.4, -0.2) is 18.2 Å². The van der Waals surface area contributed by atoms with E-state index in [-0.39, 0.29) is 12.5 Å². The van der Waals surface area contributed by atoms with Crippen LogP contribution in [0.3, 0.4) is 0 Å². The summed E-state index contributed by atoms with van der Waals surface area (Å²) in [5, 5.41) is 4.53. The van der Waals surface area contributed by atoms with Crippen molar-refractivity contribution in [2.24, 2.45) is 5.10 Å². The summed E-state index contributed by atoms with van der Waals surface area (Å²) >= 11 is 9.15. The Kier molecular flexibility index (Phi) is 6.43. The molecule has 1 heterocycles. The SMILES string of the molecule is CC(C=Cc1ccco1)=NNC(=O)COc1ccc(Cl)cc1Br. The monoisotopic (exact) mass is 396 g/mol. The Labute approximate surface area is 147 Å². The topological polar surface area (TPSA) is 63.8 Å². The maximum Gasteiger partial charge on any atom is 0.277 e. The first-order valence-electron chi connectivity index (χ1n) is 6.67. The van der Waals surface area contributed by atoms with Crippen LogP contribution in [0.1, 0.15) is 12.7 Å². The second-order valence-electron chi connectivity index (χ2n) is 4.50. The highest BCUT2D eigenvalue weighted by molar-refractivity contribution is 9.10. The standard InChI is InChI=1S/C16H14BrClN2O3/c1-11(4-6-13-3-2-8-22-13)19-20-16(21)10-23-15-7-5-12(18)9-14(15)17/h2-9H,10H2,1H3,(H,20,21). The van der Waals surface area contributed by atoms with Crippen LogP contribution in [0.25, 0.3) is 6.08 Å². The summed E-state index contributed by atoms with van der Waals surface area (Å²) in [5.41, 5.74) is 3.04. The molecule has 2 rings (SSSR count). The number of halogens is 2. The van der Waals surface area contributed by atoms with Gasteiger partial charge in [-0.3, -0.25) is 4.79 Å². The molecule has 1 aromatic heterocycles. The van der Waals surface area contributed by atoms with Crippen LogP contribution in [0, 0.1) is 0 Å². The van der Waals surface area contributed by atoms with Crippen molar-refractivity contribution >= 4 is 45.2 Å². The maximum atomic E-state index is 11.7. The molecule has 5 nitrogen and oxygen atoms in total. The van der Waals surface area contributed by atoms with Gasteiger partial charge in [-0.2, -0.15) is 5.10 Å². The highest BCUT2D eigenvalue weighted by atomic mass is 79.9. The normalized spacial score (nSPS) is 11.7. The largest absolute Gasteiger partial charge is 0.483 e. The zero-order chi connectivity index (χ0) is 16.7. The molecule has 0 fully saturated rings. The van der Waals surface area contributed by atoms with Gasteiger partial charge in [0.1, 0.15) is 11.5 Å². The number of furan rings is 1. The first kappa shape index (κ1) is 17.3. The molecular weight excluding hydrogens is 384 g/mol. The number of hydrogen-bond donors (Lipinski definition) is 1. The molecule has 0 unspecified atom stereocenters. The molecule has 0 saturated carbocycles. The average molecular weight is 398 g/mol. The molecule has 2 aromatic rings. The molecule has 0 aliphatic rings. The lowest BCUT2D eigenvalue weighted by Gasteiger charge is -2.07. The van der Waals surface area contributed by atoms with E-state index in [1.165, 1.54) is 0 Å². The Morgan fingerprint density at radius 2 is 2.30 bits per heavy atom. The van der Waals surface area contributed by atoms with E-state index in [1.807, 2.05) is 6.07 Å². The Balaban J connectivity index is 1.81. The van der Waals surface area contributed by atoms with E-state index in [9.17, 15) is 4.79 Å². The zero-order valence-corrected chi connectivity index (χ0v) is 14.6. The number of carbonyl (C=O) groups is 1. The number of carbonyl (C=O) groups excluding carboxylic acids is 1. The second kappa shape index (κ2) is 8.55. The molecule has 0 saturated heterocycles. The van der Waals surface area contributed by atoms with E-state index in [1.54, 1.807) is 49.6 Å². The van der Waals surface area contributed by atoms with Gasteiger partial charge in [-0.1, -0.05) is 11.6 Å². The first-order valence-corrected chi connectivity index (χ1v) is 7.84. The smallest absolute Gasteiger partial charge is 0.277 e. The van der Waals surface area contributed by atoms with Crippen molar-refractivity contribution in [3.8, 4) is 5.75 Å². The van der Waals surface area contributed by atoms with Crippen LogP contribution in [0.5, 0.6) is 5.75 Å². The summed E-state index contributed by atoms with van der Waals surface area (Å²) in [6.45, 7) is 1.61. The van der Waals surface area contributed by atoms with Crippen LogP contribution in [-0.2, 0) is 4.79 Å². The van der Waals surface area contributed by atoms with Crippen molar-refractivity contribution in [2.45, 2.75) is 6.92 Å². The van der Waals surface area contributed by atoms with Gasteiger partial charge in [-0.25, -0.2) is 5.43 Å². The van der Waals surface area contributed by atoms with Crippen molar-refractivity contribution in [3.63, 3.8) is 0 Å². The predicted octanol–water partition coefficient (Wildman–Crippen LogP) is 4.28. The van der Waals surface area contributed by atoms with Crippen LogP contribution in [0.15, 0.2) is 56.7 Å². The highest BCUT2D eigenvalue weighted by Gasteiger charge is 2.05. The van der Waals surface area contributed by atoms with Crippen molar-refractivity contribution in [3.05, 3.63) is 57.9 Å². The number of rotatable bonds is 6. The van der Waals surface area contributed by atoms with Crippen LogP contribution >= 0.6 is 27.5 Å². The van der Waals surface area contributed by atoms with Gasteiger partial charge < -0.3 is 9.15 Å². The number of allylic oxidation sites excluding steroid dienone is 1. The van der Waals surface area contributed by atoms with E-state index in [0.29, 0.717) is 26.7 Å². The number of benzene rings is 1. The van der Waals surface area contributed by atoms with Gasteiger partial charge in [-0.15, -0.1) is 0 Å².